The van der Waals surface area contributed by atoms with Crippen LogP contribution in [0.15, 0.2) is 54.9 Å². The normalized spacial score (nSPS) is 17.7. The van der Waals surface area contributed by atoms with Crippen molar-refractivity contribution in [2.24, 2.45) is 0 Å². The number of benzene rings is 1. The Morgan fingerprint density at radius 1 is 1.08 bits per heavy atom. The number of rotatable bonds is 7. The quantitative estimate of drug-likeness (QED) is 0.700. The standard InChI is InChI=1S/C20H25N3O3/c24-14-17(15-6-2-1-3-7-15)22-18(20(26)23-12-4-5-13-23)19(25)16-8-10-21-11-9-16/h1-3,6-11,17-19,22,24-25H,4-5,12-14H2/t17-,18?,19?/m0/s1. The summed E-state index contributed by atoms with van der Waals surface area (Å²) in [6, 6.07) is 11.6. The van der Waals surface area contributed by atoms with Gasteiger partial charge in [-0.3, -0.25) is 15.1 Å². The second kappa shape index (κ2) is 8.89. The first kappa shape index (κ1) is 18.5. The summed E-state index contributed by atoms with van der Waals surface area (Å²) in [5, 5.41) is 23.9. The van der Waals surface area contributed by atoms with Crippen LogP contribution in [0, 0.1) is 0 Å². The monoisotopic (exact) mass is 355 g/mol. The van der Waals surface area contributed by atoms with Crippen molar-refractivity contribution in [2.75, 3.05) is 19.7 Å². The number of hydrogen-bond donors (Lipinski definition) is 3. The lowest BCUT2D eigenvalue weighted by molar-refractivity contribution is -0.135. The Bertz CT molecular complexity index is 690. The van der Waals surface area contributed by atoms with Gasteiger partial charge in [0.1, 0.15) is 12.1 Å². The van der Waals surface area contributed by atoms with Gasteiger partial charge in [-0.25, -0.2) is 0 Å². The van der Waals surface area contributed by atoms with Crippen LogP contribution in [0.4, 0.5) is 0 Å². The van der Waals surface area contributed by atoms with Crippen molar-refractivity contribution >= 4 is 5.91 Å². The molecule has 0 radical (unpaired) electrons. The van der Waals surface area contributed by atoms with E-state index in [-0.39, 0.29) is 12.5 Å². The molecular weight excluding hydrogens is 330 g/mol. The zero-order chi connectivity index (χ0) is 18.4. The molecule has 2 unspecified atom stereocenters. The summed E-state index contributed by atoms with van der Waals surface area (Å²) in [4.78, 5) is 18.8. The van der Waals surface area contributed by atoms with Crippen molar-refractivity contribution in [3.63, 3.8) is 0 Å². The number of carbonyl (C=O) groups excluding carboxylic acids is 1. The highest BCUT2D eigenvalue weighted by molar-refractivity contribution is 5.83. The van der Waals surface area contributed by atoms with Crippen molar-refractivity contribution in [1.29, 1.82) is 0 Å². The van der Waals surface area contributed by atoms with E-state index in [2.05, 4.69) is 10.3 Å². The zero-order valence-electron chi connectivity index (χ0n) is 14.7. The van der Waals surface area contributed by atoms with E-state index < -0.39 is 18.2 Å². The number of hydrogen-bond acceptors (Lipinski definition) is 5. The number of nitrogens with one attached hydrogen (secondary N) is 1. The molecule has 1 aromatic carbocycles. The molecule has 0 aliphatic carbocycles. The minimum absolute atomic E-state index is 0.138. The minimum atomic E-state index is -1.02. The fourth-order valence-electron chi connectivity index (χ4n) is 3.34. The minimum Gasteiger partial charge on any atom is -0.394 e. The molecule has 1 saturated heterocycles. The van der Waals surface area contributed by atoms with Gasteiger partial charge in [-0.1, -0.05) is 30.3 Å². The number of amides is 1. The number of carbonyl (C=O) groups is 1. The van der Waals surface area contributed by atoms with E-state index in [0.717, 1.165) is 18.4 Å². The Balaban J connectivity index is 1.85. The molecule has 1 aromatic heterocycles. The summed E-state index contributed by atoms with van der Waals surface area (Å²) < 4.78 is 0. The molecule has 1 fully saturated rings. The second-order valence-corrected chi connectivity index (χ2v) is 6.55. The molecule has 1 amide bonds. The van der Waals surface area contributed by atoms with Crippen LogP contribution in [0.5, 0.6) is 0 Å². The van der Waals surface area contributed by atoms with Crippen LogP contribution >= 0.6 is 0 Å². The van der Waals surface area contributed by atoms with Crippen molar-refractivity contribution in [2.45, 2.75) is 31.0 Å². The molecule has 2 aromatic rings. The average molecular weight is 355 g/mol. The number of nitrogens with zero attached hydrogens (tertiary/aromatic N) is 2. The molecule has 0 spiro atoms. The molecule has 0 bridgehead atoms. The Morgan fingerprint density at radius 3 is 2.35 bits per heavy atom. The summed E-state index contributed by atoms with van der Waals surface area (Å²) in [6.07, 6.45) is 4.12. The highest BCUT2D eigenvalue weighted by Gasteiger charge is 2.34. The van der Waals surface area contributed by atoms with E-state index in [0.29, 0.717) is 18.7 Å². The Hall–Kier alpha value is -2.28. The van der Waals surface area contributed by atoms with Crippen LogP contribution in [-0.2, 0) is 4.79 Å². The highest BCUT2D eigenvalue weighted by atomic mass is 16.3. The predicted octanol–water partition coefficient (Wildman–Crippen LogP) is 1.43. The van der Waals surface area contributed by atoms with Crippen LogP contribution in [0.25, 0.3) is 0 Å². The molecule has 26 heavy (non-hydrogen) atoms. The molecule has 2 heterocycles. The lowest BCUT2D eigenvalue weighted by Crippen LogP contribution is -2.50. The maximum Gasteiger partial charge on any atom is 0.242 e. The fraction of sp³-hybridized carbons (Fsp3) is 0.400. The third kappa shape index (κ3) is 4.27. The van der Waals surface area contributed by atoms with Crippen molar-refractivity contribution in [3.05, 3.63) is 66.0 Å². The topological polar surface area (TPSA) is 85.7 Å². The first-order valence-electron chi connectivity index (χ1n) is 8.99. The first-order valence-corrected chi connectivity index (χ1v) is 8.99. The largest absolute Gasteiger partial charge is 0.394 e. The predicted molar refractivity (Wildman–Crippen MR) is 98.2 cm³/mol. The fourth-order valence-corrected chi connectivity index (χ4v) is 3.34. The maximum absolute atomic E-state index is 13.0. The number of aromatic nitrogens is 1. The molecule has 1 aliphatic heterocycles. The van der Waals surface area contributed by atoms with Gasteiger partial charge < -0.3 is 15.1 Å². The molecule has 6 heteroatoms. The van der Waals surface area contributed by atoms with E-state index in [1.807, 2.05) is 30.3 Å². The maximum atomic E-state index is 13.0. The molecule has 6 nitrogen and oxygen atoms in total. The van der Waals surface area contributed by atoms with Gasteiger partial charge in [0.25, 0.3) is 0 Å². The summed E-state index contributed by atoms with van der Waals surface area (Å²) in [5.74, 6) is -0.138. The van der Waals surface area contributed by atoms with Gasteiger partial charge in [0.2, 0.25) is 5.91 Å². The van der Waals surface area contributed by atoms with Gasteiger partial charge in [-0.05, 0) is 36.1 Å². The number of pyridine rings is 1. The van der Waals surface area contributed by atoms with Gasteiger partial charge in [0.15, 0.2) is 0 Å². The summed E-state index contributed by atoms with van der Waals surface area (Å²) in [5.41, 5.74) is 1.49. The Morgan fingerprint density at radius 2 is 1.73 bits per heavy atom. The molecule has 3 atom stereocenters. The molecule has 1 aliphatic rings. The van der Waals surface area contributed by atoms with Crippen LogP contribution in [0.2, 0.25) is 0 Å². The summed E-state index contributed by atoms with van der Waals surface area (Å²) in [7, 11) is 0. The molecule has 3 N–H and O–H groups in total. The third-order valence-corrected chi connectivity index (χ3v) is 4.81. The van der Waals surface area contributed by atoms with Crippen molar-refractivity contribution in [1.82, 2.24) is 15.2 Å². The van der Waals surface area contributed by atoms with E-state index in [9.17, 15) is 15.0 Å². The van der Waals surface area contributed by atoms with Gasteiger partial charge in [0.05, 0.1) is 12.6 Å². The van der Waals surface area contributed by atoms with Gasteiger partial charge in [-0.2, -0.15) is 0 Å². The van der Waals surface area contributed by atoms with Crippen LogP contribution in [0.3, 0.4) is 0 Å². The van der Waals surface area contributed by atoms with E-state index in [1.165, 1.54) is 0 Å². The number of likely N-dealkylation sites (tertiary alicyclic amines) is 1. The summed E-state index contributed by atoms with van der Waals surface area (Å²) in [6.45, 7) is 1.24. The third-order valence-electron chi connectivity index (χ3n) is 4.81. The van der Waals surface area contributed by atoms with Crippen LogP contribution < -0.4 is 5.32 Å². The summed E-state index contributed by atoms with van der Waals surface area (Å²) >= 11 is 0. The van der Waals surface area contributed by atoms with Crippen molar-refractivity contribution in [3.8, 4) is 0 Å². The lowest BCUT2D eigenvalue weighted by Gasteiger charge is -2.31. The smallest absolute Gasteiger partial charge is 0.242 e. The number of aliphatic hydroxyl groups excluding tert-OH is 2. The Labute approximate surface area is 153 Å². The average Bonchev–Trinajstić information content (AvgIpc) is 3.24. The van der Waals surface area contributed by atoms with Crippen LogP contribution in [-0.4, -0.2) is 51.7 Å². The van der Waals surface area contributed by atoms with Gasteiger partial charge in [0, 0.05) is 25.5 Å². The number of aliphatic hydroxyl groups is 2. The highest BCUT2D eigenvalue weighted by Crippen LogP contribution is 2.23. The Kier molecular flexibility index (Phi) is 6.33. The molecular formula is C20H25N3O3. The first-order chi connectivity index (χ1) is 12.7. The van der Waals surface area contributed by atoms with Gasteiger partial charge >= 0.3 is 0 Å². The van der Waals surface area contributed by atoms with E-state index in [1.54, 1.807) is 29.4 Å². The van der Waals surface area contributed by atoms with E-state index >= 15 is 0 Å². The zero-order valence-corrected chi connectivity index (χ0v) is 14.7. The van der Waals surface area contributed by atoms with Crippen molar-refractivity contribution < 1.29 is 15.0 Å². The molecule has 0 saturated carbocycles. The SMILES string of the molecule is O=C(C(N[C@@H](CO)c1ccccc1)C(O)c1ccncc1)N1CCCC1. The van der Waals surface area contributed by atoms with Crippen LogP contribution in [0.1, 0.15) is 36.1 Å². The second-order valence-electron chi connectivity index (χ2n) is 6.55. The molecule has 3 rings (SSSR count). The van der Waals surface area contributed by atoms with Gasteiger partial charge in [-0.15, -0.1) is 0 Å². The van der Waals surface area contributed by atoms with E-state index in [4.69, 9.17) is 0 Å². The lowest BCUT2D eigenvalue weighted by atomic mass is 9.99. The molecule has 138 valence electrons.